The first-order valence-corrected chi connectivity index (χ1v) is 25.9. The molecule has 0 spiro atoms. The van der Waals surface area contributed by atoms with Crippen LogP contribution >= 0.6 is 55.1 Å². The lowest BCUT2D eigenvalue weighted by Gasteiger charge is -2.42. The number of pyridine rings is 4. The minimum atomic E-state index is -0.776. The normalized spacial score (nSPS) is 18.3. The summed E-state index contributed by atoms with van der Waals surface area (Å²) >= 11 is 19.9. The molecule has 6 heterocycles. The Morgan fingerprint density at radius 3 is 1.50 bits per heavy atom. The molecule has 2 aromatic carbocycles. The first kappa shape index (κ1) is 51.6. The number of hydrogen-bond acceptors (Lipinski definition) is 8. The Kier molecular flexibility index (Phi) is 15.9. The van der Waals surface area contributed by atoms with Crippen molar-refractivity contribution < 1.29 is 14.3 Å². The average molecular weight is 1110 g/mol. The van der Waals surface area contributed by atoms with Gasteiger partial charge in [-0.3, -0.25) is 34.3 Å². The standard InChI is InChI=1S/C27H28BrClN4O2.C27H28BrClN4O.CH4/c1-27(2,20-4-3-9-33(35)17-20)26(34)32-12-10-31(11-13-32)25-23-8-7-22(29)15-18(23)5-6-19-14-21(28)16-30-24(19)25;1-27(2,20-4-3-9-30-16-20)26(34)33-12-10-32(11-13-33)25-23-8-7-22(29)15-18(23)5-6-19-14-21(28)17-31-24(19)25;/h3-4,7-9,14-17,25H,5-6,10-13H2,1-2H3;3-4,7-9,14-17,25H,5-6,10-13H2,1-2H3;1H4. The summed E-state index contributed by atoms with van der Waals surface area (Å²) in [6.45, 7) is 13.4. The molecule has 4 aliphatic rings. The molecule has 2 fully saturated rings. The topological polar surface area (TPSA) is 113 Å². The van der Waals surface area contributed by atoms with Crippen LogP contribution in [0.25, 0.3) is 0 Å². The van der Waals surface area contributed by atoms with E-state index in [2.05, 4.69) is 83.0 Å². The van der Waals surface area contributed by atoms with Crippen molar-refractivity contribution in [3.63, 3.8) is 0 Å². The quantitative estimate of drug-likeness (QED) is 0.120. The van der Waals surface area contributed by atoms with Gasteiger partial charge in [-0.2, -0.15) is 4.73 Å². The lowest BCUT2D eigenvalue weighted by Crippen LogP contribution is -2.54. The Hall–Kier alpha value is -4.76. The molecule has 0 radical (unpaired) electrons. The van der Waals surface area contributed by atoms with E-state index in [-0.39, 0.29) is 31.3 Å². The third kappa shape index (κ3) is 10.7. The second-order valence-corrected chi connectivity index (χ2v) is 22.2. The van der Waals surface area contributed by atoms with Gasteiger partial charge in [0.25, 0.3) is 0 Å². The zero-order valence-electron chi connectivity index (χ0n) is 39.3. The van der Waals surface area contributed by atoms with E-state index in [9.17, 15) is 14.8 Å². The Labute approximate surface area is 439 Å². The van der Waals surface area contributed by atoms with Gasteiger partial charge in [-0.25, -0.2) is 0 Å². The third-order valence-electron chi connectivity index (χ3n) is 14.5. The number of hydrogen-bond donors (Lipinski definition) is 0. The second-order valence-electron chi connectivity index (χ2n) is 19.5. The van der Waals surface area contributed by atoms with Crippen LogP contribution in [0.2, 0.25) is 10.0 Å². The molecule has 2 saturated heterocycles. The fourth-order valence-corrected chi connectivity index (χ4v) is 11.7. The monoisotopic (exact) mass is 1110 g/mol. The average Bonchev–Trinajstić information content (AvgIpc) is 3.61. The first-order valence-electron chi connectivity index (χ1n) is 23.6. The Morgan fingerprint density at radius 2 is 1.06 bits per heavy atom. The number of aryl methyl sites for hydroxylation is 4. The fourth-order valence-electron chi connectivity index (χ4n) is 10.5. The zero-order chi connectivity index (χ0) is 48.6. The highest BCUT2D eigenvalue weighted by molar-refractivity contribution is 9.10. The maximum atomic E-state index is 13.5. The van der Waals surface area contributed by atoms with E-state index in [1.807, 2.05) is 80.2 Å². The van der Waals surface area contributed by atoms with E-state index in [4.69, 9.17) is 33.2 Å². The molecule has 0 saturated carbocycles. The first-order chi connectivity index (χ1) is 33.1. The molecule has 2 atom stereocenters. The summed E-state index contributed by atoms with van der Waals surface area (Å²) in [5.74, 6) is 0.189. The molecular weight excluding hydrogens is 1050 g/mol. The molecule has 15 heteroatoms. The van der Waals surface area contributed by atoms with E-state index >= 15 is 0 Å². The van der Waals surface area contributed by atoms with Crippen LogP contribution in [0.1, 0.15) is 103 Å². The van der Waals surface area contributed by atoms with Crippen molar-refractivity contribution in [1.29, 1.82) is 0 Å². The number of amides is 2. The highest BCUT2D eigenvalue weighted by Crippen LogP contribution is 2.40. The van der Waals surface area contributed by atoms with Crippen LogP contribution in [0, 0.1) is 5.21 Å². The summed E-state index contributed by atoms with van der Waals surface area (Å²) in [5, 5.41) is 13.3. The number of piperazine rings is 2. The number of benzene rings is 2. The number of halogens is 4. The van der Waals surface area contributed by atoms with Crippen molar-refractivity contribution in [2.24, 2.45) is 0 Å². The molecule has 2 aliphatic heterocycles. The molecule has 0 bridgehead atoms. The van der Waals surface area contributed by atoms with Crippen molar-refractivity contribution in [2.75, 3.05) is 52.4 Å². The maximum Gasteiger partial charge on any atom is 0.232 e. The summed E-state index contributed by atoms with van der Waals surface area (Å²) in [5.41, 5.74) is 10.0. The van der Waals surface area contributed by atoms with Gasteiger partial charge in [-0.05, 0) is 173 Å². The SMILES string of the molecule is C.CC(C)(C(=O)N1CCN(C2c3ccc(Cl)cc3CCc3cc(Br)cnc32)CC1)c1ccc[n+]([O-])c1.CC(C)(C(=O)N1CCN(C2c3ccc(Cl)cc3CCc3cc(Br)cnc32)CC1)c1cccnc1. The van der Waals surface area contributed by atoms with E-state index in [0.29, 0.717) is 26.2 Å². The van der Waals surface area contributed by atoms with Crippen molar-refractivity contribution in [3.8, 4) is 0 Å². The number of aromatic nitrogens is 4. The molecule has 6 aromatic rings. The predicted molar refractivity (Wildman–Crippen MR) is 284 cm³/mol. The van der Waals surface area contributed by atoms with Crippen LogP contribution in [-0.2, 0) is 46.1 Å². The van der Waals surface area contributed by atoms with Gasteiger partial charge >= 0.3 is 0 Å². The summed E-state index contributed by atoms with van der Waals surface area (Å²) < 4.78 is 2.74. The Morgan fingerprint density at radius 1 is 0.614 bits per heavy atom. The van der Waals surface area contributed by atoms with E-state index < -0.39 is 10.8 Å². The summed E-state index contributed by atoms with van der Waals surface area (Å²) in [4.78, 5) is 49.8. The van der Waals surface area contributed by atoms with Gasteiger partial charge in [0.2, 0.25) is 11.8 Å². The van der Waals surface area contributed by atoms with Crippen molar-refractivity contribution in [1.82, 2.24) is 34.6 Å². The molecular formula is C55H60Br2Cl2N8O3. The van der Waals surface area contributed by atoms with Gasteiger partial charge in [0.1, 0.15) is 0 Å². The smallest absolute Gasteiger partial charge is 0.232 e. The molecule has 70 heavy (non-hydrogen) atoms. The second kappa shape index (κ2) is 21.5. The van der Waals surface area contributed by atoms with Gasteiger partial charge in [0.05, 0.1) is 34.3 Å². The Balaban J connectivity index is 0.000000186. The van der Waals surface area contributed by atoms with E-state index in [0.717, 1.165) is 98.1 Å². The molecule has 4 aromatic heterocycles. The molecule has 2 aliphatic carbocycles. The molecule has 2 amide bonds. The molecule has 2 unspecified atom stereocenters. The van der Waals surface area contributed by atoms with Gasteiger partial charge < -0.3 is 15.0 Å². The lowest BCUT2D eigenvalue weighted by atomic mass is 9.84. The Bertz CT molecular complexity index is 2760. The zero-order valence-corrected chi connectivity index (χ0v) is 44.0. The maximum absolute atomic E-state index is 13.5. The van der Waals surface area contributed by atoms with Crippen molar-refractivity contribution in [2.45, 2.75) is 83.7 Å². The molecule has 0 N–H and O–H groups in total. The third-order valence-corrected chi connectivity index (χ3v) is 15.8. The van der Waals surface area contributed by atoms with Crippen LogP contribution in [0.3, 0.4) is 0 Å². The van der Waals surface area contributed by atoms with Crippen molar-refractivity contribution in [3.05, 3.63) is 190 Å². The molecule has 11 nitrogen and oxygen atoms in total. The number of fused-ring (bicyclic) bond motifs is 4. The van der Waals surface area contributed by atoms with Crippen LogP contribution in [0.4, 0.5) is 0 Å². The minimum absolute atomic E-state index is 0. The van der Waals surface area contributed by atoms with E-state index in [1.165, 1.54) is 45.8 Å². The molecule has 366 valence electrons. The fraction of sp³-hybridized carbons (Fsp3) is 0.382. The highest BCUT2D eigenvalue weighted by Gasteiger charge is 2.40. The van der Waals surface area contributed by atoms with E-state index in [1.54, 1.807) is 18.5 Å². The largest absolute Gasteiger partial charge is 0.619 e. The van der Waals surface area contributed by atoms with Crippen molar-refractivity contribution >= 4 is 66.9 Å². The van der Waals surface area contributed by atoms with Crippen LogP contribution < -0.4 is 4.73 Å². The predicted octanol–water partition coefficient (Wildman–Crippen LogP) is 10.3. The lowest BCUT2D eigenvalue weighted by molar-refractivity contribution is -0.606. The highest BCUT2D eigenvalue weighted by atomic mass is 79.9. The number of nitrogens with zero attached hydrogens (tertiary/aromatic N) is 8. The van der Waals surface area contributed by atoms with Gasteiger partial charge in [-0.1, -0.05) is 48.8 Å². The van der Waals surface area contributed by atoms with Gasteiger partial charge in [0.15, 0.2) is 12.4 Å². The summed E-state index contributed by atoms with van der Waals surface area (Å²) in [6, 6.07) is 24.3. The number of carbonyl (C=O) groups excluding carboxylic acids is 2. The van der Waals surface area contributed by atoms with Crippen LogP contribution in [0.5, 0.6) is 0 Å². The number of rotatable bonds is 6. The van der Waals surface area contributed by atoms with Crippen LogP contribution in [0.15, 0.2) is 119 Å². The van der Waals surface area contributed by atoms with Gasteiger partial charge in [0, 0.05) is 108 Å². The minimum Gasteiger partial charge on any atom is -0.619 e. The summed E-state index contributed by atoms with van der Waals surface area (Å²) in [7, 11) is 0. The molecule has 10 rings (SSSR count). The van der Waals surface area contributed by atoms with Crippen LogP contribution in [-0.4, -0.2) is 98.7 Å². The number of carbonyl (C=O) groups is 2. The van der Waals surface area contributed by atoms with Gasteiger partial charge in [-0.15, -0.1) is 0 Å². The summed E-state index contributed by atoms with van der Waals surface area (Å²) in [6.07, 6.45) is 13.9.